The summed E-state index contributed by atoms with van der Waals surface area (Å²) in [4.78, 5) is 0. The van der Waals surface area contributed by atoms with Gasteiger partial charge in [-0.2, -0.15) is 0 Å². The first-order valence-corrected chi connectivity index (χ1v) is 7.64. The number of benzene rings is 1. The van der Waals surface area contributed by atoms with E-state index < -0.39 is 0 Å². The average Bonchev–Trinajstić information content (AvgIpc) is 2.42. The molecule has 1 aliphatic heterocycles. The lowest BCUT2D eigenvalue weighted by molar-refractivity contribution is 0.0152. The van der Waals surface area contributed by atoms with E-state index in [0.717, 1.165) is 61.2 Å². The normalized spacial score (nSPS) is 18.5. The fourth-order valence-electron chi connectivity index (χ4n) is 2.69. The van der Waals surface area contributed by atoms with Crippen LogP contribution in [0.15, 0.2) is 18.2 Å². The Labute approximate surface area is 125 Å². The molecule has 0 radical (unpaired) electrons. The monoisotopic (exact) mass is 301 g/mol. The fourth-order valence-corrected chi connectivity index (χ4v) is 3.22. The lowest BCUT2D eigenvalue weighted by Gasteiger charge is -2.38. The predicted octanol–water partition coefficient (Wildman–Crippen LogP) is 3.94. The van der Waals surface area contributed by atoms with Crippen LogP contribution >= 0.6 is 23.2 Å². The molecule has 1 saturated heterocycles. The van der Waals surface area contributed by atoms with E-state index in [1.165, 1.54) is 0 Å². The molecule has 0 saturated carbocycles. The Morgan fingerprint density at radius 1 is 1.21 bits per heavy atom. The van der Waals surface area contributed by atoms with Gasteiger partial charge in [0, 0.05) is 29.8 Å². The summed E-state index contributed by atoms with van der Waals surface area (Å²) in [6, 6.07) is 5.74. The van der Waals surface area contributed by atoms with Crippen LogP contribution in [0.4, 0.5) is 0 Å². The largest absolute Gasteiger partial charge is 0.381 e. The summed E-state index contributed by atoms with van der Waals surface area (Å²) in [5.74, 6) is 0. The standard InChI is InChI=1S/C15H21Cl2NO/c1-2-18-11-15(6-8-19-9-7-15)10-12-13(16)4-3-5-14(12)17/h3-5,18H,2,6-11H2,1H3. The van der Waals surface area contributed by atoms with Gasteiger partial charge in [-0.1, -0.05) is 36.2 Å². The van der Waals surface area contributed by atoms with Crippen molar-refractivity contribution < 1.29 is 4.74 Å². The first kappa shape index (κ1) is 15.1. The van der Waals surface area contributed by atoms with Gasteiger partial charge in [0.1, 0.15) is 0 Å². The lowest BCUT2D eigenvalue weighted by Crippen LogP contribution is -2.41. The van der Waals surface area contributed by atoms with Crippen LogP contribution in [0.25, 0.3) is 0 Å². The molecule has 0 amide bonds. The molecule has 1 aliphatic rings. The molecule has 19 heavy (non-hydrogen) atoms. The highest BCUT2D eigenvalue weighted by Crippen LogP contribution is 2.38. The number of nitrogens with one attached hydrogen (secondary N) is 1. The molecule has 1 aromatic rings. The van der Waals surface area contributed by atoms with Crippen molar-refractivity contribution in [3.63, 3.8) is 0 Å². The molecule has 2 rings (SSSR count). The van der Waals surface area contributed by atoms with E-state index in [0.29, 0.717) is 0 Å². The highest BCUT2D eigenvalue weighted by atomic mass is 35.5. The summed E-state index contributed by atoms with van der Waals surface area (Å²) in [7, 11) is 0. The Kier molecular flexibility index (Phi) is 5.52. The van der Waals surface area contributed by atoms with E-state index in [2.05, 4.69) is 12.2 Å². The van der Waals surface area contributed by atoms with Gasteiger partial charge in [0.15, 0.2) is 0 Å². The maximum Gasteiger partial charge on any atom is 0.0471 e. The molecule has 0 unspecified atom stereocenters. The van der Waals surface area contributed by atoms with E-state index in [1.807, 2.05) is 18.2 Å². The van der Waals surface area contributed by atoms with Crippen molar-refractivity contribution in [2.75, 3.05) is 26.3 Å². The third kappa shape index (κ3) is 3.85. The van der Waals surface area contributed by atoms with Gasteiger partial charge < -0.3 is 10.1 Å². The number of halogens is 2. The third-order valence-electron chi connectivity index (χ3n) is 3.92. The number of ether oxygens (including phenoxy) is 1. The Bertz CT molecular complexity index is 396. The van der Waals surface area contributed by atoms with Gasteiger partial charge in [0.25, 0.3) is 0 Å². The second kappa shape index (κ2) is 6.94. The summed E-state index contributed by atoms with van der Waals surface area (Å²) in [6.45, 7) is 5.77. The smallest absolute Gasteiger partial charge is 0.0471 e. The number of rotatable bonds is 5. The Morgan fingerprint density at radius 2 is 1.84 bits per heavy atom. The molecule has 106 valence electrons. The third-order valence-corrected chi connectivity index (χ3v) is 4.63. The highest BCUT2D eigenvalue weighted by Gasteiger charge is 2.33. The molecule has 0 aliphatic carbocycles. The molecule has 1 fully saturated rings. The molecule has 1 heterocycles. The maximum absolute atomic E-state index is 6.31. The van der Waals surface area contributed by atoms with Gasteiger partial charge in [0.2, 0.25) is 0 Å². The average molecular weight is 302 g/mol. The van der Waals surface area contributed by atoms with Crippen LogP contribution in [-0.4, -0.2) is 26.3 Å². The first-order chi connectivity index (χ1) is 9.17. The molecule has 0 spiro atoms. The zero-order valence-corrected chi connectivity index (χ0v) is 12.9. The topological polar surface area (TPSA) is 21.3 Å². The van der Waals surface area contributed by atoms with Crippen LogP contribution in [0.5, 0.6) is 0 Å². The SMILES string of the molecule is CCNCC1(Cc2c(Cl)cccc2Cl)CCOCC1. The van der Waals surface area contributed by atoms with Crippen LogP contribution in [-0.2, 0) is 11.2 Å². The molecular weight excluding hydrogens is 281 g/mol. The van der Waals surface area contributed by atoms with Crippen molar-refractivity contribution in [3.05, 3.63) is 33.8 Å². The van der Waals surface area contributed by atoms with Crippen molar-refractivity contribution in [1.82, 2.24) is 5.32 Å². The maximum atomic E-state index is 6.31. The zero-order chi connectivity index (χ0) is 13.7. The Morgan fingerprint density at radius 3 is 2.42 bits per heavy atom. The highest BCUT2D eigenvalue weighted by molar-refractivity contribution is 6.36. The van der Waals surface area contributed by atoms with Gasteiger partial charge in [0.05, 0.1) is 0 Å². The molecular formula is C15H21Cl2NO. The van der Waals surface area contributed by atoms with E-state index in [9.17, 15) is 0 Å². The van der Waals surface area contributed by atoms with Crippen LogP contribution in [0.1, 0.15) is 25.3 Å². The van der Waals surface area contributed by atoms with Crippen molar-refractivity contribution in [3.8, 4) is 0 Å². The quantitative estimate of drug-likeness (QED) is 0.889. The van der Waals surface area contributed by atoms with Crippen molar-refractivity contribution in [2.24, 2.45) is 5.41 Å². The fraction of sp³-hybridized carbons (Fsp3) is 0.600. The number of hydrogen-bond acceptors (Lipinski definition) is 2. The minimum Gasteiger partial charge on any atom is -0.381 e. The summed E-state index contributed by atoms with van der Waals surface area (Å²) in [5.41, 5.74) is 1.29. The molecule has 4 heteroatoms. The molecule has 1 N–H and O–H groups in total. The van der Waals surface area contributed by atoms with Crippen LogP contribution in [0.2, 0.25) is 10.0 Å². The molecule has 0 aromatic heterocycles. The minimum atomic E-state index is 0.211. The van der Waals surface area contributed by atoms with Gasteiger partial charge in [-0.3, -0.25) is 0 Å². The number of hydrogen-bond donors (Lipinski definition) is 1. The van der Waals surface area contributed by atoms with Crippen molar-refractivity contribution in [1.29, 1.82) is 0 Å². The lowest BCUT2D eigenvalue weighted by atomic mass is 9.75. The van der Waals surface area contributed by atoms with Crippen LogP contribution in [0.3, 0.4) is 0 Å². The second-order valence-electron chi connectivity index (χ2n) is 5.27. The van der Waals surface area contributed by atoms with E-state index >= 15 is 0 Å². The second-order valence-corrected chi connectivity index (χ2v) is 6.08. The zero-order valence-electron chi connectivity index (χ0n) is 11.3. The molecule has 2 nitrogen and oxygen atoms in total. The van der Waals surface area contributed by atoms with Gasteiger partial charge in [-0.05, 0) is 48.9 Å². The van der Waals surface area contributed by atoms with Crippen molar-refractivity contribution in [2.45, 2.75) is 26.2 Å². The van der Waals surface area contributed by atoms with E-state index in [4.69, 9.17) is 27.9 Å². The summed E-state index contributed by atoms with van der Waals surface area (Å²) >= 11 is 12.6. The van der Waals surface area contributed by atoms with Gasteiger partial charge in [-0.25, -0.2) is 0 Å². The van der Waals surface area contributed by atoms with E-state index in [-0.39, 0.29) is 5.41 Å². The first-order valence-electron chi connectivity index (χ1n) is 6.88. The summed E-state index contributed by atoms with van der Waals surface area (Å²) in [6.07, 6.45) is 3.03. The van der Waals surface area contributed by atoms with Crippen LogP contribution in [0, 0.1) is 5.41 Å². The molecule has 1 aromatic carbocycles. The van der Waals surface area contributed by atoms with E-state index in [1.54, 1.807) is 0 Å². The predicted molar refractivity (Wildman–Crippen MR) is 81.2 cm³/mol. The van der Waals surface area contributed by atoms with Crippen LogP contribution < -0.4 is 5.32 Å². The summed E-state index contributed by atoms with van der Waals surface area (Å²) < 4.78 is 5.51. The van der Waals surface area contributed by atoms with Gasteiger partial charge in [-0.15, -0.1) is 0 Å². The van der Waals surface area contributed by atoms with Gasteiger partial charge >= 0.3 is 0 Å². The van der Waals surface area contributed by atoms with Crippen molar-refractivity contribution >= 4 is 23.2 Å². The Balaban J connectivity index is 2.19. The minimum absolute atomic E-state index is 0.211. The molecule has 0 bridgehead atoms. The summed E-state index contributed by atoms with van der Waals surface area (Å²) in [5, 5.41) is 5.02. The molecule has 0 atom stereocenters. The Hall–Kier alpha value is -0.280.